The standard InChI is InChI=1S/C7H9Cl3O2/c1-2-3-4-5(6(11)12)7(8,9)10/h4H,2-3H2,1H3,(H,11,12). The number of alkyl halides is 3. The zero-order chi connectivity index (χ0) is 9.78. The van der Waals surface area contributed by atoms with E-state index in [1.165, 1.54) is 6.08 Å². The van der Waals surface area contributed by atoms with Crippen LogP contribution in [0.3, 0.4) is 0 Å². The van der Waals surface area contributed by atoms with Gasteiger partial charge in [-0.3, -0.25) is 0 Å². The van der Waals surface area contributed by atoms with Gasteiger partial charge in [-0.1, -0.05) is 54.2 Å². The number of carboxylic acids is 1. The predicted molar refractivity (Wildman–Crippen MR) is 50.9 cm³/mol. The van der Waals surface area contributed by atoms with Gasteiger partial charge in [-0.05, 0) is 6.42 Å². The maximum atomic E-state index is 10.5. The van der Waals surface area contributed by atoms with E-state index in [9.17, 15) is 4.79 Å². The van der Waals surface area contributed by atoms with Crippen LogP contribution in [0.5, 0.6) is 0 Å². The second-order valence-corrected chi connectivity index (χ2v) is 4.49. The average molecular weight is 232 g/mol. The van der Waals surface area contributed by atoms with Crippen molar-refractivity contribution in [2.75, 3.05) is 0 Å². The molecule has 1 N–H and O–H groups in total. The average Bonchev–Trinajstić information content (AvgIpc) is 1.84. The zero-order valence-electron chi connectivity index (χ0n) is 6.48. The molecule has 0 saturated carbocycles. The molecule has 70 valence electrons. The molecule has 0 aliphatic heterocycles. The molecular weight excluding hydrogens is 222 g/mol. The van der Waals surface area contributed by atoms with Crippen LogP contribution in [0.15, 0.2) is 11.6 Å². The van der Waals surface area contributed by atoms with Crippen molar-refractivity contribution in [2.24, 2.45) is 0 Å². The minimum atomic E-state index is -1.83. The molecule has 0 unspecified atom stereocenters. The summed E-state index contributed by atoms with van der Waals surface area (Å²) in [6.07, 6.45) is 2.84. The SMILES string of the molecule is CCCC=C(C(=O)O)C(Cl)(Cl)Cl. The predicted octanol–water partition coefficient (Wildman–Crippen LogP) is 3.17. The topological polar surface area (TPSA) is 37.3 Å². The molecule has 0 aromatic carbocycles. The van der Waals surface area contributed by atoms with Crippen LogP contribution in [0, 0.1) is 0 Å². The lowest BCUT2D eigenvalue weighted by molar-refractivity contribution is -0.132. The first-order chi connectivity index (χ1) is 5.39. The molecule has 0 aromatic rings. The summed E-state index contributed by atoms with van der Waals surface area (Å²) >= 11 is 16.2. The fourth-order valence-electron chi connectivity index (χ4n) is 0.613. The van der Waals surface area contributed by atoms with Crippen LogP contribution >= 0.6 is 34.8 Å². The monoisotopic (exact) mass is 230 g/mol. The summed E-state index contributed by atoms with van der Waals surface area (Å²) in [6, 6.07) is 0. The summed E-state index contributed by atoms with van der Waals surface area (Å²) in [5, 5.41) is 8.61. The number of allylic oxidation sites excluding steroid dienone is 1. The van der Waals surface area contributed by atoms with Gasteiger partial charge in [0.25, 0.3) is 0 Å². The summed E-state index contributed by atoms with van der Waals surface area (Å²) in [6.45, 7) is 1.91. The van der Waals surface area contributed by atoms with Gasteiger partial charge in [-0.15, -0.1) is 0 Å². The highest BCUT2D eigenvalue weighted by Crippen LogP contribution is 2.34. The largest absolute Gasteiger partial charge is 0.478 e. The Morgan fingerprint density at radius 1 is 1.50 bits per heavy atom. The van der Waals surface area contributed by atoms with Crippen molar-refractivity contribution < 1.29 is 9.90 Å². The summed E-state index contributed by atoms with van der Waals surface area (Å²) in [4.78, 5) is 10.5. The molecule has 0 amide bonds. The molecular formula is C7H9Cl3O2. The van der Waals surface area contributed by atoms with E-state index in [2.05, 4.69) is 0 Å². The lowest BCUT2D eigenvalue weighted by Gasteiger charge is -2.11. The fraction of sp³-hybridized carbons (Fsp3) is 0.571. The molecule has 2 nitrogen and oxygen atoms in total. The van der Waals surface area contributed by atoms with Gasteiger partial charge >= 0.3 is 5.97 Å². The number of aliphatic carboxylic acids is 1. The molecule has 0 fully saturated rings. The molecule has 0 heterocycles. The minimum Gasteiger partial charge on any atom is -0.478 e. The van der Waals surface area contributed by atoms with Crippen LogP contribution in [-0.2, 0) is 4.79 Å². The number of carboxylic acid groups (broad SMARTS) is 1. The maximum absolute atomic E-state index is 10.5. The van der Waals surface area contributed by atoms with Crippen molar-refractivity contribution in [2.45, 2.75) is 23.6 Å². The third-order valence-electron chi connectivity index (χ3n) is 1.17. The Balaban J connectivity index is 4.56. The van der Waals surface area contributed by atoms with Gasteiger partial charge in [-0.2, -0.15) is 0 Å². The Morgan fingerprint density at radius 3 is 2.25 bits per heavy atom. The van der Waals surface area contributed by atoms with E-state index in [4.69, 9.17) is 39.9 Å². The Kier molecular flexibility index (Phi) is 4.98. The van der Waals surface area contributed by atoms with Crippen LogP contribution in [0.25, 0.3) is 0 Å². The van der Waals surface area contributed by atoms with Crippen LogP contribution in [-0.4, -0.2) is 14.9 Å². The molecule has 0 radical (unpaired) electrons. The first-order valence-corrected chi connectivity index (χ1v) is 4.53. The van der Waals surface area contributed by atoms with Gasteiger partial charge in [-0.25, -0.2) is 4.79 Å². The van der Waals surface area contributed by atoms with Crippen LogP contribution in [0.4, 0.5) is 0 Å². The number of unbranched alkanes of at least 4 members (excludes halogenated alkanes) is 1. The van der Waals surface area contributed by atoms with Gasteiger partial charge in [0, 0.05) is 0 Å². The maximum Gasteiger partial charge on any atom is 0.335 e. The molecule has 12 heavy (non-hydrogen) atoms. The number of hydrogen-bond acceptors (Lipinski definition) is 1. The van der Waals surface area contributed by atoms with E-state index in [1.807, 2.05) is 6.92 Å². The highest BCUT2D eigenvalue weighted by Gasteiger charge is 2.30. The second kappa shape index (κ2) is 4.95. The lowest BCUT2D eigenvalue weighted by Crippen LogP contribution is -2.16. The van der Waals surface area contributed by atoms with Crippen LogP contribution < -0.4 is 0 Å². The molecule has 5 heteroatoms. The van der Waals surface area contributed by atoms with Crippen molar-refractivity contribution in [3.63, 3.8) is 0 Å². The first-order valence-electron chi connectivity index (χ1n) is 3.40. The summed E-state index contributed by atoms with van der Waals surface area (Å²) in [7, 11) is 0. The fourth-order valence-corrected chi connectivity index (χ4v) is 1.09. The van der Waals surface area contributed by atoms with Crippen molar-refractivity contribution in [3.05, 3.63) is 11.6 Å². The molecule has 0 aliphatic rings. The van der Waals surface area contributed by atoms with Gasteiger partial charge in [0.1, 0.15) is 0 Å². The molecule has 0 aromatic heterocycles. The van der Waals surface area contributed by atoms with E-state index in [1.54, 1.807) is 0 Å². The number of rotatable bonds is 3. The van der Waals surface area contributed by atoms with E-state index >= 15 is 0 Å². The molecule has 0 aliphatic carbocycles. The van der Waals surface area contributed by atoms with Gasteiger partial charge in [0.05, 0.1) is 5.57 Å². The van der Waals surface area contributed by atoms with Gasteiger partial charge in [0.2, 0.25) is 3.79 Å². The van der Waals surface area contributed by atoms with E-state index in [0.717, 1.165) is 6.42 Å². The van der Waals surface area contributed by atoms with Crippen molar-refractivity contribution in [1.29, 1.82) is 0 Å². The van der Waals surface area contributed by atoms with Crippen molar-refractivity contribution in [1.82, 2.24) is 0 Å². The highest BCUT2D eigenvalue weighted by molar-refractivity contribution is 6.70. The zero-order valence-corrected chi connectivity index (χ0v) is 8.75. The molecule has 0 saturated heterocycles. The van der Waals surface area contributed by atoms with Gasteiger partial charge < -0.3 is 5.11 Å². The van der Waals surface area contributed by atoms with E-state index in [-0.39, 0.29) is 5.57 Å². The van der Waals surface area contributed by atoms with E-state index < -0.39 is 9.76 Å². The van der Waals surface area contributed by atoms with E-state index in [0.29, 0.717) is 6.42 Å². The third kappa shape index (κ3) is 4.19. The van der Waals surface area contributed by atoms with Crippen molar-refractivity contribution in [3.8, 4) is 0 Å². The summed E-state index contributed by atoms with van der Waals surface area (Å²) in [5.74, 6) is -1.19. The Labute approximate surface area is 86.1 Å². The van der Waals surface area contributed by atoms with Crippen LogP contribution in [0.1, 0.15) is 19.8 Å². The van der Waals surface area contributed by atoms with Crippen LogP contribution in [0.2, 0.25) is 0 Å². The lowest BCUT2D eigenvalue weighted by atomic mass is 10.2. The molecule has 0 atom stereocenters. The molecule has 0 rings (SSSR count). The normalized spacial score (nSPS) is 13.2. The minimum absolute atomic E-state index is 0.186. The van der Waals surface area contributed by atoms with Gasteiger partial charge in [0.15, 0.2) is 0 Å². The third-order valence-corrected chi connectivity index (χ3v) is 1.78. The first kappa shape index (κ1) is 12.1. The second-order valence-electron chi connectivity index (χ2n) is 2.21. The number of hydrogen-bond donors (Lipinski definition) is 1. The quantitative estimate of drug-likeness (QED) is 0.598. The smallest absolute Gasteiger partial charge is 0.335 e. The Hall–Kier alpha value is 0.0800. The summed E-state index contributed by atoms with van der Waals surface area (Å²) < 4.78 is -1.83. The molecule has 0 bridgehead atoms. The Bertz CT molecular complexity index is 193. The number of halogens is 3. The highest BCUT2D eigenvalue weighted by atomic mass is 35.6. The Morgan fingerprint density at radius 2 is 2.00 bits per heavy atom. The van der Waals surface area contributed by atoms with Crippen molar-refractivity contribution >= 4 is 40.8 Å². The molecule has 0 spiro atoms. The summed E-state index contributed by atoms with van der Waals surface area (Å²) in [5.41, 5.74) is -0.186. The number of carbonyl (C=O) groups is 1.